The summed E-state index contributed by atoms with van der Waals surface area (Å²) in [6, 6.07) is 5.14. The van der Waals surface area contributed by atoms with Gasteiger partial charge in [0.1, 0.15) is 5.82 Å². The number of hydrogen-bond donors (Lipinski definition) is 1. The summed E-state index contributed by atoms with van der Waals surface area (Å²) in [6.07, 6.45) is 2.76. The first kappa shape index (κ1) is 10.9. The lowest BCUT2D eigenvalue weighted by Gasteiger charge is -2.04. The Morgan fingerprint density at radius 1 is 1.50 bits per heavy atom. The second kappa shape index (κ2) is 4.91. The molecule has 0 atom stereocenters. The Bertz CT molecular complexity index is 342. The van der Waals surface area contributed by atoms with Crippen LogP contribution in [0.25, 0.3) is 5.57 Å². The molecule has 1 nitrogen and oxygen atoms in total. The number of allylic oxidation sites excluding steroid dienone is 1. The van der Waals surface area contributed by atoms with E-state index in [4.69, 9.17) is 5.73 Å². The van der Waals surface area contributed by atoms with Crippen LogP contribution in [0.1, 0.15) is 24.5 Å². The molecule has 0 amide bonds. The van der Waals surface area contributed by atoms with Gasteiger partial charge in [0.2, 0.25) is 0 Å². The van der Waals surface area contributed by atoms with Crippen molar-refractivity contribution < 1.29 is 4.39 Å². The molecule has 1 rings (SSSR count). The van der Waals surface area contributed by atoms with Gasteiger partial charge in [0, 0.05) is 5.56 Å². The quantitative estimate of drug-likeness (QED) is 0.784. The van der Waals surface area contributed by atoms with Gasteiger partial charge in [-0.15, -0.1) is 0 Å². The van der Waals surface area contributed by atoms with Gasteiger partial charge in [-0.3, -0.25) is 0 Å². The molecule has 0 aliphatic carbocycles. The fourth-order valence-corrected chi connectivity index (χ4v) is 1.35. The molecule has 0 fully saturated rings. The highest BCUT2D eigenvalue weighted by molar-refractivity contribution is 5.64. The highest BCUT2D eigenvalue weighted by atomic mass is 19.1. The maximum Gasteiger partial charge on any atom is 0.130 e. The summed E-state index contributed by atoms with van der Waals surface area (Å²) in [4.78, 5) is 0. The summed E-state index contributed by atoms with van der Waals surface area (Å²) in [6.45, 7) is 4.47. The normalized spacial score (nSPS) is 11.9. The molecule has 0 unspecified atom stereocenters. The summed E-state index contributed by atoms with van der Waals surface area (Å²) in [5, 5.41) is 0. The molecule has 0 heterocycles. The predicted octanol–water partition coefficient (Wildman–Crippen LogP) is 2.89. The first-order valence-corrected chi connectivity index (χ1v) is 4.78. The van der Waals surface area contributed by atoms with Gasteiger partial charge in [-0.1, -0.05) is 17.7 Å². The van der Waals surface area contributed by atoms with Crippen LogP contribution in [0, 0.1) is 12.7 Å². The lowest BCUT2D eigenvalue weighted by atomic mass is 10.0. The molecular formula is C12H16FN. The lowest BCUT2D eigenvalue weighted by molar-refractivity contribution is 0.623. The molecule has 0 radical (unpaired) electrons. The van der Waals surface area contributed by atoms with Crippen molar-refractivity contribution >= 4 is 5.57 Å². The van der Waals surface area contributed by atoms with E-state index in [1.807, 2.05) is 26.0 Å². The van der Waals surface area contributed by atoms with E-state index in [1.54, 1.807) is 6.07 Å². The van der Waals surface area contributed by atoms with Gasteiger partial charge in [0.25, 0.3) is 0 Å². The second-order valence-electron chi connectivity index (χ2n) is 3.45. The molecular weight excluding hydrogens is 177 g/mol. The minimum atomic E-state index is -0.165. The first-order valence-electron chi connectivity index (χ1n) is 4.78. The molecule has 1 aromatic carbocycles. The van der Waals surface area contributed by atoms with Crippen molar-refractivity contribution in [2.45, 2.75) is 20.3 Å². The Morgan fingerprint density at radius 2 is 2.21 bits per heavy atom. The molecule has 0 aliphatic heterocycles. The van der Waals surface area contributed by atoms with E-state index >= 15 is 0 Å². The minimum absolute atomic E-state index is 0.165. The zero-order chi connectivity index (χ0) is 10.6. The fraction of sp³-hybridized carbons (Fsp3) is 0.333. The average Bonchev–Trinajstić information content (AvgIpc) is 2.18. The van der Waals surface area contributed by atoms with Crippen molar-refractivity contribution in [2.24, 2.45) is 5.73 Å². The Kier molecular flexibility index (Phi) is 3.84. The van der Waals surface area contributed by atoms with Crippen molar-refractivity contribution in [3.05, 3.63) is 41.2 Å². The van der Waals surface area contributed by atoms with E-state index in [-0.39, 0.29) is 5.82 Å². The van der Waals surface area contributed by atoms with E-state index in [1.165, 1.54) is 6.07 Å². The Hall–Kier alpha value is -1.15. The van der Waals surface area contributed by atoms with Crippen LogP contribution >= 0.6 is 0 Å². The summed E-state index contributed by atoms with van der Waals surface area (Å²) >= 11 is 0. The number of rotatable bonds is 3. The summed E-state index contributed by atoms with van der Waals surface area (Å²) in [5.41, 5.74) is 8.09. The SMILES string of the molecule is CC(=CCCN)c1cc(C)ccc1F. The highest BCUT2D eigenvalue weighted by Crippen LogP contribution is 2.19. The second-order valence-corrected chi connectivity index (χ2v) is 3.45. The van der Waals surface area contributed by atoms with Crippen LogP contribution in [-0.4, -0.2) is 6.54 Å². The molecule has 14 heavy (non-hydrogen) atoms. The van der Waals surface area contributed by atoms with Crippen LogP contribution in [0.15, 0.2) is 24.3 Å². The predicted molar refractivity (Wildman–Crippen MR) is 58.5 cm³/mol. The zero-order valence-corrected chi connectivity index (χ0v) is 8.68. The van der Waals surface area contributed by atoms with Crippen LogP contribution in [0.5, 0.6) is 0 Å². The molecule has 0 bridgehead atoms. The molecule has 0 spiro atoms. The van der Waals surface area contributed by atoms with Crippen LogP contribution in [0.4, 0.5) is 4.39 Å². The van der Waals surface area contributed by atoms with Crippen molar-refractivity contribution in [2.75, 3.05) is 6.54 Å². The molecule has 0 saturated carbocycles. The van der Waals surface area contributed by atoms with Gasteiger partial charge >= 0.3 is 0 Å². The van der Waals surface area contributed by atoms with Crippen LogP contribution in [0.3, 0.4) is 0 Å². The third kappa shape index (κ3) is 2.67. The number of benzene rings is 1. The standard InChI is InChI=1S/C12H16FN/c1-9-5-6-12(13)11(8-9)10(2)4-3-7-14/h4-6,8H,3,7,14H2,1-2H3. The first-order chi connectivity index (χ1) is 6.65. The molecule has 1 aromatic rings. The Labute approximate surface area is 84.4 Å². The fourth-order valence-electron chi connectivity index (χ4n) is 1.35. The summed E-state index contributed by atoms with van der Waals surface area (Å²) in [7, 11) is 0. The zero-order valence-electron chi connectivity index (χ0n) is 8.68. The van der Waals surface area contributed by atoms with Crippen molar-refractivity contribution in [1.82, 2.24) is 0 Å². The maximum atomic E-state index is 13.4. The van der Waals surface area contributed by atoms with Crippen molar-refractivity contribution in [3.63, 3.8) is 0 Å². The van der Waals surface area contributed by atoms with Gasteiger partial charge in [0.05, 0.1) is 0 Å². The highest BCUT2D eigenvalue weighted by Gasteiger charge is 2.03. The third-order valence-corrected chi connectivity index (χ3v) is 2.16. The van der Waals surface area contributed by atoms with E-state index in [0.29, 0.717) is 12.1 Å². The van der Waals surface area contributed by atoms with Gasteiger partial charge in [0.15, 0.2) is 0 Å². The molecule has 0 aromatic heterocycles. The Balaban J connectivity index is 2.99. The minimum Gasteiger partial charge on any atom is -0.330 e. The van der Waals surface area contributed by atoms with Gasteiger partial charge in [-0.05, 0) is 44.5 Å². The number of nitrogens with two attached hydrogens (primary N) is 1. The monoisotopic (exact) mass is 193 g/mol. The number of hydrogen-bond acceptors (Lipinski definition) is 1. The molecule has 2 heteroatoms. The molecule has 76 valence electrons. The van der Waals surface area contributed by atoms with E-state index in [2.05, 4.69) is 0 Å². The number of aryl methyl sites for hydroxylation is 1. The average molecular weight is 193 g/mol. The van der Waals surface area contributed by atoms with Gasteiger partial charge in [-0.2, -0.15) is 0 Å². The largest absolute Gasteiger partial charge is 0.330 e. The van der Waals surface area contributed by atoms with Crippen molar-refractivity contribution in [1.29, 1.82) is 0 Å². The smallest absolute Gasteiger partial charge is 0.130 e. The lowest BCUT2D eigenvalue weighted by Crippen LogP contribution is -1.96. The maximum absolute atomic E-state index is 13.4. The topological polar surface area (TPSA) is 26.0 Å². The van der Waals surface area contributed by atoms with Crippen LogP contribution < -0.4 is 5.73 Å². The summed E-state index contributed by atoms with van der Waals surface area (Å²) < 4.78 is 13.4. The third-order valence-electron chi connectivity index (χ3n) is 2.16. The molecule has 0 saturated heterocycles. The molecule has 0 aliphatic rings. The van der Waals surface area contributed by atoms with Crippen molar-refractivity contribution in [3.8, 4) is 0 Å². The Morgan fingerprint density at radius 3 is 2.86 bits per heavy atom. The van der Waals surface area contributed by atoms with Crippen LogP contribution in [0.2, 0.25) is 0 Å². The van der Waals surface area contributed by atoms with E-state index in [9.17, 15) is 4.39 Å². The molecule has 2 N–H and O–H groups in total. The van der Waals surface area contributed by atoms with Crippen LogP contribution in [-0.2, 0) is 0 Å². The number of halogens is 1. The van der Waals surface area contributed by atoms with Gasteiger partial charge in [-0.25, -0.2) is 4.39 Å². The summed E-state index contributed by atoms with van der Waals surface area (Å²) in [5.74, 6) is -0.165. The van der Waals surface area contributed by atoms with E-state index < -0.39 is 0 Å². The van der Waals surface area contributed by atoms with E-state index in [0.717, 1.165) is 17.6 Å². The van der Waals surface area contributed by atoms with Gasteiger partial charge < -0.3 is 5.73 Å².